The number of aryl methyl sites for hydroxylation is 2. The highest BCUT2D eigenvalue weighted by Crippen LogP contribution is 2.42. The van der Waals surface area contributed by atoms with E-state index in [1.165, 1.54) is 63.6 Å². The lowest BCUT2D eigenvalue weighted by Gasteiger charge is -2.44. The molecule has 4 bridgehead atoms. The summed E-state index contributed by atoms with van der Waals surface area (Å²) in [4.78, 5) is 96.3. The molecule has 2 saturated heterocycles. The number of fused-ring (bicyclic) bond motifs is 10. The van der Waals surface area contributed by atoms with Gasteiger partial charge in [-0.1, -0.05) is 89.4 Å². The minimum Gasteiger partial charge on any atom is -0.374 e. The highest BCUT2D eigenvalue weighted by molar-refractivity contribution is 5.99. The van der Waals surface area contributed by atoms with E-state index in [1.54, 1.807) is 28.0 Å². The molecular formula is C70H74F4N12O5. The van der Waals surface area contributed by atoms with Crippen LogP contribution in [0.1, 0.15) is 102 Å². The zero-order valence-corrected chi connectivity index (χ0v) is 52.9. The van der Waals surface area contributed by atoms with Crippen molar-refractivity contribution >= 4 is 62.8 Å². The summed E-state index contributed by atoms with van der Waals surface area (Å²) >= 11 is 0. The van der Waals surface area contributed by atoms with Crippen LogP contribution in [-0.4, -0.2) is 128 Å². The van der Waals surface area contributed by atoms with Gasteiger partial charge in [0.1, 0.15) is 34.7 Å². The van der Waals surface area contributed by atoms with E-state index in [0.717, 1.165) is 28.7 Å². The SMILES string of the molecule is C=CC(=O)N1C[C@H](C)N(c2nc(=O)n3c4nc(c(F)cc24)-c2c(F)cccc2N(C)C(=O)CCc2cccc(C(C)C)c2-3)C[C@H]1C.C=CC(=O)N1C[C@H](C)N(c2nc(=O)n3c4nc(c(F)cc24)-c2c(F)cccc2N(C)CCCc2cccc(C(C)C)c2-3)C[C@H]1C. The second-order valence-electron chi connectivity index (χ2n) is 24.8. The number of para-hydroxylation sites is 2. The number of benzene rings is 4. The fourth-order valence-corrected chi connectivity index (χ4v) is 13.5. The van der Waals surface area contributed by atoms with Gasteiger partial charge in [0.05, 0.1) is 39.0 Å². The van der Waals surface area contributed by atoms with Crippen molar-refractivity contribution in [1.29, 1.82) is 0 Å². The molecule has 2 fully saturated rings. The molecular weight excluding hydrogens is 1160 g/mol. The van der Waals surface area contributed by atoms with Gasteiger partial charge in [0.25, 0.3) is 0 Å². The lowest BCUT2D eigenvalue weighted by Crippen LogP contribution is -2.58. The van der Waals surface area contributed by atoms with Crippen LogP contribution in [0.25, 0.3) is 56.0 Å². The highest BCUT2D eigenvalue weighted by Gasteiger charge is 2.38. The molecule has 4 aromatic carbocycles. The Balaban J connectivity index is 0.000000187. The fourth-order valence-electron chi connectivity index (χ4n) is 13.5. The van der Waals surface area contributed by atoms with E-state index in [2.05, 4.69) is 37.0 Å². The molecule has 0 saturated carbocycles. The smallest absolute Gasteiger partial charge is 0.355 e. The van der Waals surface area contributed by atoms with Gasteiger partial charge in [-0.05, 0) is 130 Å². The summed E-state index contributed by atoms with van der Waals surface area (Å²) < 4.78 is 66.9. The third-order valence-electron chi connectivity index (χ3n) is 18.2. The molecule has 12 rings (SSSR count). The molecule has 0 unspecified atom stereocenters. The van der Waals surface area contributed by atoms with Crippen molar-refractivity contribution in [3.8, 4) is 33.9 Å². The lowest BCUT2D eigenvalue weighted by atomic mass is 9.95. The minimum absolute atomic E-state index is 0.0303. The second kappa shape index (κ2) is 25.0. The van der Waals surface area contributed by atoms with E-state index in [4.69, 9.17) is 9.97 Å². The number of amides is 3. The van der Waals surface area contributed by atoms with Crippen LogP contribution < -0.4 is 31.0 Å². The summed E-state index contributed by atoms with van der Waals surface area (Å²) in [5, 5.41) is 0.610. The maximum atomic E-state index is 16.4. The van der Waals surface area contributed by atoms with Gasteiger partial charge in [-0.2, -0.15) is 9.97 Å². The Labute approximate surface area is 525 Å². The van der Waals surface area contributed by atoms with Crippen LogP contribution in [0.3, 0.4) is 0 Å². The van der Waals surface area contributed by atoms with Gasteiger partial charge in [0.2, 0.25) is 17.7 Å². The molecule has 0 radical (unpaired) electrons. The minimum atomic E-state index is -0.830. The van der Waals surface area contributed by atoms with Crippen molar-refractivity contribution in [1.82, 2.24) is 38.9 Å². The molecule has 91 heavy (non-hydrogen) atoms. The normalized spacial score (nSPS) is 18.4. The van der Waals surface area contributed by atoms with Gasteiger partial charge in [0.15, 0.2) is 22.9 Å². The third kappa shape index (κ3) is 11.3. The second-order valence-corrected chi connectivity index (χ2v) is 24.8. The molecule has 4 aliphatic rings. The Morgan fingerprint density at radius 1 is 0.538 bits per heavy atom. The predicted molar refractivity (Wildman–Crippen MR) is 349 cm³/mol. The summed E-state index contributed by atoms with van der Waals surface area (Å²) in [6.07, 6.45) is 4.30. The van der Waals surface area contributed by atoms with Gasteiger partial charge >= 0.3 is 11.4 Å². The van der Waals surface area contributed by atoms with Crippen LogP contribution in [-0.2, 0) is 27.2 Å². The van der Waals surface area contributed by atoms with Crippen molar-refractivity contribution in [2.24, 2.45) is 0 Å². The zero-order chi connectivity index (χ0) is 65.2. The molecule has 0 aliphatic carbocycles. The Morgan fingerprint density at radius 2 is 0.967 bits per heavy atom. The van der Waals surface area contributed by atoms with Crippen LogP contribution >= 0.6 is 0 Å². The quantitative estimate of drug-likeness (QED) is 0.114. The van der Waals surface area contributed by atoms with Gasteiger partial charge < -0.3 is 29.4 Å². The summed E-state index contributed by atoms with van der Waals surface area (Å²) in [6.45, 7) is 25.0. The van der Waals surface area contributed by atoms with Crippen molar-refractivity contribution in [3.05, 3.63) is 177 Å². The number of nitrogens with zero attached hydrogens (tertiary/aromatic N) is 12. The van der Waals surface area contributed by atoms with E-state index >= 15 is 17.6 Å². The third-order valence-corrected chi connectivity index (χ3v) is 18.2. The van der Waals surface area contributed by atoms with E-state index in [-0.39, 0.29) is 117 Å². The van der Waals surface area contributed by atoms with Gasteiger partial charge in [0, 0.05) is 83.1 Å². The Morgan fingerprint density at radius 3 is 1.42 bits per heavy atom. The number of halogens is 4. The molecule has 4 atom stereocenters. The zero-order valence-electron chi connectivity index (χ0n) is 52.9. The molecule has 4 aliphatic heterocycles. The van der Waals surface area contributed by atoms with Gasteiger partial charge in [-0.3, -0.25) is 14.4 Å². The molecule has 0 N–H and O–H groups in total. The first-order valence-electron chi connectivity index (χ1n) is 30.9. The number of carbonyl (C=O) groups excluding carboxylic acids is 3. The Kier molecular flexibility index (Phi) is 17.3. The number of piperazine rings is 2. The van der Waals surface area contributed by atoms with Crippen LogP contribution in [0.2, 0.25) is 0 Å². The Hall–Kier alpha value is -9.53. The standard InChI is InChI=1S/C35H36F2N6O3.C35H38F2N6O2/c1-7-28(44)41-17-21(5)42(18-20(41)4)33-24-16-26(37)31-30-25(36)12-9-13-27(30)40(6)29(45)15-14-22-10-8-11-23(19(2)3)32(22)43(34(24)38-31)35(46)39-33;1-7-29(44)41-18-22(5)42(19-21(41)4)33-25-17-27(37)31-30-26(36)14-9-15-28(30)40(6)16-10-12-23-11-8-13-24(20(2)3)32(23)43(34(25)38-31)35(45)39-33/h7-13,16,19-21H,1,14-15,17-18H2,2-6H3;7-9,11,13-15,17,20-22H,1,10,12,16,18-19H2,2-6H3/t20-,21+;21-,22+/m11/s1. The first kappa shape index (κ1) is 63.1. The maximum absolute atomic E-state index is 16.4. The molecule has 8 heterocycles. The Bertz CT molecular complexity index is 4410. The van der Waals surface area contributed by atoms with E-state index in [9.17, 15) is 24.0 Å². The molecule has 472 valence electrons. The van der Waals surface area contributed by atoms with Crippen LogP contribution in [0.15, 0.2) is 120 Å². The number of aromatic nitrogens is 6. The van der Waals surface area contributed by atoms with Crippen LogP contribution in [0, 0.1) is 23.3 Å². The number of hydrogen-bond donors (Lipinski definition) is 0. The number of anilines is 4. The molecule has 3 amide bonds. The van der Waals surface area contributed by atoms with Gasteiger partial charge in [-0.25, -0.2) is 46.3 Å². The molecule has 21 heteroatoms. The average Bonchev–Trinajstić information content (AvgIpc) is 0.845. The monoisotopic (exact) mass is 1240 g/mol. The van der Waals surface area contributed by atoms with Gasteiger partial charge in [-0.15, -0.1) is 0 Å². The van der Waals surface area contributed by atoms with Crippen molar-refractivity contribution in [2.45, 2.75) is 117 Å². The molecule has 4 aromatic heterocycles. The summed E-state index contributed by atoms with van der Waals surface area (Å²) in [6, 6.07) is 22.1. The molecule has 8 aromatic rings. The summed E-state index contributed by atoms with van der Waals surface area (Å²) in [5.74, 6) is -3.02. The first-order valence-corrected chi connectivity index (χ1v) is 30.9. The fraction of sp³-hybridized carbons (Fsp3) is 0.357. The van der Waals surface area contributed by atoms with E-state index in [0.29, 0.717) is 68.0 Å². The first-order chi connectivity index (χ1) is 43.4. The average molecular weight is 1240 g/mol. The number of hydrogen-bond acceptors (Lipinski definition) is 12. The van der Waals surface area contributed by atoms with Crippen molar-refractivity contribution in [2.75, 3.05) is 66.4 Å². The van der Waals surface area contributed by atoms with E-state index in [1.807, 2.05) is 99.7 Å². The highest BCUT2D eigenvalue weighted by atomic mass is 19.1. The molecule has 17 nitrogen and oxygen atoms in total. The van der Waals surface area contributed by atoms with Crippen molar-refractivity contribution < 1.29 is 31.9 Å². The number of pyridine rings is 2. The number of carbonyl (C=O) groups is 3. The van der Waals surface area contributed by atoms with E-state index < -0.39 is 34.6 Å². The summed E-state index contributed by atoms with van der Waals surface area (Å²) in [7, 11) is 3.40. The van der Waals surface area contributed by atoms with Crippen molar-refractivity contribution in [3.63, 3.8) is 0 Å². The predicted octanol–water partition coefficient (Wildman–Crippen LogP) is 11.2. The summed E-state index contributed by atoms with van der Waals surface area (Å²) in [5.41, 5.74) is 3.88. The molecule has 0 spiro atoms. The lowest BCUT2D eigenvalue weighted by molar-refractivity contribution is -0.129. The number of rotatable bonds is 6. The largest absolute Gasteiger partial charge is 0.374 e. The van der Waals surface area contributed by atoms with Crippen LogP contribution in [0.4, 0.5) is 40.6 Å². The van der Waals surface area contributed by atoms with Crippen LogP contribution in [0.5, 0.6) is 0 Å². The maximum Gasteiger partial charge on any atom is 0.355 e. The topological polar surface area (TPSA) is 166 Å².